The lowest BCUT2D eigenvalue weighted by molar-refractivity contribution is 0.399. The van der Waals surface area contributed by atoms with Gasteiger partial charge in [-0.15, -0.1) is 0 Å². The third-order valence-electron chi connectivity index (χ3n) is 8.02. The van der Waals surface area contributed by atoms with Gasteiger partial charge in [0.2, 0.25) is 0 Å². The molecular weight excluding hydrogens is 470 g/mol. The minimum Gasteiger partial charge on any atom is -0.384 e. The molecule has 1 N–H and O–H groups in total. The first-order valence-corrected chi connectivity index (χ1v) is 13.2. The molecule has 188 valence electrons. The number of anilines is 1. The summed E-state index contributed by atoms with van der Waals surface area (Å²) in [5, 5.41) is 3.45. The zero-order valence-corrected chi connectivity index (χ0v) is 22.1. The molecule has 36 heavy (non-hydrogen) atoms. The van der Waals surface area contributed by atoms with Crippen molar-refractivity contribution in [2.75, 3.05) is 11.4 Å². The summed E-state index contributed by atoms with van der Waals surface area (Å²) < 4.78 is 28.7. The molecule has 2 nitrogen and oxygen atoms in total. The summed E-state index contributed by atoms with van der Waals surface area (Å²) in [6.45, 7) is 17.8. The number of thiol groups is 1. The lowest BCUT2D eigenvalue weighted by Crippen LogP contribution is -2.39. The first-order chi connectivity index (χ1) is 17.1. The van der Waals surface area contributed by atoms with Crippen LogP contribution < -0.4 is 10.2 Å². The summed E-state index contributed by atoms with van der Waals surface area (Å²) in [7, 11) is 0. The van der Waals surface area contributed by atoms with Crippen LogP contribution in [0.1, 0.15) is 56.6 Å². The molecule has 2 saturated carbocycles. The van der Waals surface area contributed by atoms with Crippen molar-refractivity contribution in [2.24, 2.45) is 0 Å². The second kappa shape index (κ2) is 9.26. The molecule has 0 amide bonds. The van der Waals surface area contributed by atoms with E-state index >= 15 is 0 Å². The highest BCUT2D eigenvalue weighted by molar-refractivity contribution is 7.82. The molecule has 0 atom stereocenters. The Balaban J connectivity index is 1.49. The average Bonchev–Trinajstić information content (AvgIpc) is 3.66. The number of hydrogen-bond acceptors (Lipinski definition) is 3. The summed E-state index contributed by atoms with van der Waals surface area (Å²) >= 11 is 4.80. The van der Waals surface area contributed by atoms with Gasteiger partial charge in [-0.25, -0.2) is 8.78 Å². The smallest absolute Gasteiger partial charge is 0.131 e. The van der Waals surface area contributed by atoms with Crippen molar-refractivity contribution in [3.8, 4) is 11.1 Å². The molecule has 1 heterocycles. The van der Waals surface area contributed by atoms with E-state index < -0.39 is 11.6 Å². The first kappa shape index (κ1) is 24.9. The van der Waals surface area contributed by atoms with Gasteiger partial charge in [0.1, 0.15) is 11.6 Å². The van der Waals surface area contributed by atoms with E-state index in [4.69, 9.17) is 12.6 Å². The van der Waals surface area contributed by atoms with Gasteiger partial charge in [-0.3, -0.25) is 0 Å². The van der Waals surface area contributed by atoms with Crippen molar-refractivity contribution in [2.45, 2.75) is 63.2 Å². The Morgan fingerprint density at radius 1 is 1.08 bits per heavy atom. The SMILES string of the molecule is C=C(CNC(=C)C1(S)CCC1)CC1=C(C)C(=C)N(C2CC2)c2c1ccc(-c1cc(F)ccc1F)c2C. The lowest BCUT2D eigenvalue weighted by atomic mass is 9.81. The van der Waals surface area contributed by atoms with Crippen LogP contribution in [0, 0.1) is 18.6 Å². The standard InChI is InChI=1S/C31H34F2N2S/c1-18(17-34-22(5)31(36)13-6-14-31)15-27-19(2)21(4)35(24-8-9-24)30-20(3)25(10-11-26(27)30)28-16-23(32)7-12-29(28)33/h7,10-12,16,24,34,36H,1,4-6,8-9,13-15,17H2,2-3H3. The molecule has 5 heteroatoms. The maximum Gasteiger partial charge on any atom is 0.131 e. The van der Waals surface area contributed by atoms with Crippen molar-refractivity contribution >= 4 is 23.9 Å². The molecule has 2 aromatic carbocycles. The summed E-state index contributed by atoms with van der Waals surface area (Å²) in [4.78, 5) is 2.31. The molecule has 0 bridgehead atoms. The van der Waals surface area contributed by atoms with Gasteiger partial charge >= 0.3 is 0 Å². The van der Waals surface area contributed by atoms with Crippen molar-refractivity contribution in [3.05, 3.63) is 95.4 Å². The number of fused-ring (bicyclic) bond motifs is 1. The number of allylic oxidation sites excluding steroid dienone is 2. The molecule has 0 radical (unpaired) electrons. The molecule has 0 spiro atoms. The molecule has 3 aliphatic rings. The summed E-state index contributed by atoms with van der Waals surface area (Å²) in [5.74, 6) is -0.870. The van der Waals surface area contributed by atoms with Gasteiger partial charge in [0.15, 0.2) is 0 Å². The number of hydrogen-bond donors (Lipinski definition) is 2. The van der Waals surface area contributed by atoms with Crippen LogP contribution in [-0.4, -0.2) is 17.3 Å². The summed E-state index contributed by atoms with van der Waals surface area (Å²) in [6, 6.07) is 8.00. The fourth-order valence-corrected chi connectivity index (χ4v) is 5.82. The van der Waals surface area contributed by atoms with E-state index in [1.165, 1.54) is 24.1 Å². The molecule has 0 unspecified atom stereocenters. The predicted octanol–water partition coefficient (Wildman–Crippen LogP) is 8.11. The number of nitrogens with one attached hydrogen (secondary N) is 1. The van der Waals surface area contributed by atoms with Crippen LogP contribution in [0.5, 0.6) is 0 Å². The average molecular weight is 505 g/mol. The number of halogens is 2. The highest BCUT2D eigenvalue weighted by Crippen LogP contribution is 2.50. The van der Waals surface area contributed by atoms with Crippen LogP contribution in [0.15, 0.2) is 72.6 Å². The van der Waals surface area contributed by atoms with Gasteiger partial charge in [-0.05, 0) is 92.8 Å². The normalized spacial score (nSPS) is 18.6. The molecule has 2 aliphatic carbocycles. The van der Waals surface area contributed by atoms with E-state index in [-0.39, 0.29) is 10.3 Å². The molecular formula is C31H34F2N2S. The first-order valence-electron chi connectivity index (χ1n) is 12.7. The van der Waals surface area contributed by atoms with Gasteiger partial charge < -0.3 is 10.2 Å². The Bertz CT molecular complexity index is 1310. The third-order valence-corrected chi connectivity index (χ3v) is 8.74. The minimum absolute atomic E-state index is 0.106. The van der Waals surface area contributed by atoms with Crippen molar-refractivity contribution in [1.82, 2.24) is 5.32 Å². The van der Waals surface area contributed by atoms with Crippen LogP contribution in [-0.2, 0) is 0 Å². The van der Waals surface area contributed by atoms with Gasteiger partial charge in [0, 0.05) is 35.1 Å². The van der Waals surface area contributed by atoms with Crippen LogP contribution in [0.2, 0.25) is 0 Å². The molecule has 2 fully saturated rings. The Hall–Kier alpha value is -2.79. The van der Waals surface area contributed by atoms with Gasteiger partial charge in [0.25, 0.3) is 0 Å². The van der Waals surface area contributed by atoms with Gasteiger partial charge in [0.05, 0.1) is 10.4 Å². The predicted molar refractivity (Wildman–Crippen MR) is 150 cm³/mol. The van der Waals surface area contributed by atoms with Crippen LogP contribution >= 0.6 is 12.6 Å². The topological polar surface area (TPSA) is 15.3 Å². The largest absolute Gasteiger partial charge is 0.384 e. The number of rotatable bonds is 8. The van der Waals surface area contributed by atoms with Crippen molar-refractivity contribution in [3.63, 3.8) is 0 Å². The molecule has 1 aliphatic heterocycles. The van der Waals surface area contributed by atoms with Gasteiger partial charge in [-0.1, -0.05) is 37.4 Å². The quantitative estimate of drug-likeness (QED) is 0.279. The van der Waals surface area contributed by atoms with E-state index in [0.717, 1.165) is 71.1 Å². The molecule has 2 aromatic rings. The van der Waals surface area contributed by atoms with E-state index in [2.05, 4.69) is 42.9 Å². The second-order valence-electron chi connectivity index (χ2n) is 10.6. The van der Waals surface area contributed by atoms with Crippen molar-refractivity contribution in [1.29, 1.82) is 0 Å². The van der Waals surface area contributed by atoms with Crippen LogP contribution in [0.3, 0.4) is 0 Å². The van der Waals surface area contributed by atoms with E-state index in [9.17, 15) is 8.78 Å². The highest BCUT2D eigenvalue weighted by Gasteiger charge is 2.38. The zero-order valence-electron chi connectivity index (χ0n) is 21.2. The fraction of sp³-hybridized carbons (Fsp3) is 0.355. The molecule has 5 rings (SSSR count). The Kier molecular flexibility index (Phi) is 6.40. The number of nitrogens with zero attached hydrogens (tertiary/aromatic N) is 1. The van der Waals surface area contributed by atoms with Crippen LogP contribution in [0.25, 0.3) is 16.7 Å². The maximum atomic E-state index is 14.7. The molecule has 0 aromatic heterocycles. The van der Waals surface area contributed by atoms with Gasteiger partial charge in [-0.2, -0.15) is 12.6 Å². The summed E-state index contributed by atoms with van der Waals surface area (Å²) in [6.07, 6.45) is 6.19. The highest BCUT2D eigenvalue weighted by atomic mass is 32.1. The Labute approximate surface area is 218 Å². The summed E-state index contributed by atoms with van der Waals surface area (Å²) in [5.41, 5.74) is 9.45. The lowest BCUT2D eigenvalue weighted by Gasteiger charge is -2.39. The Morgan fingerprint density at radius 3 is 2.42 bits per heavy atom. The zero-order chi connectivity index (χ0) is 25.8. The minimum atomic E-state index is -0.446. The Morgan fingerprint density at radius 2 is 1.78 bits per heavy atom. The molecule has 0 saturated heterocycles. The van der Waals surface area contributed by atoms with Crippen LogP contribution in [0.4, 0.5) is 14.5 Å². The van der Waals surface area contributed by atoms with E-state index in [1.54, 1.807) is 0 Å². The van der Waals surface area contributed by atoms with E-state index in [0.29, 0.717) is 24.6 Å². The van der Waals surface area contributed by atoms with Crippen molar-refractivity contribution < 1.29 is 8.78 Å². The second-order valence-corrected chi connectivity index (χ2v) is 11.4. The maximum absolute atomic E-state index is 14.7. The fourth-order valence-electron chi connectivity index (χ4n) is 5.43. The number of benzene rings is 2. The third kappa shape index (κ3) is 4.32. The van der Waals surface area contributed by atoms with E-state index in [1.807, 2.05) is 13.0 Å². The monoisotopic (exact) mass is 504 g/mol.